The lowest BCUT2D eigenvalue weighted by atomic mass is 10.2. The van der Waals surface area contributed by atoms with Crippen molar-refractivity contribution in [3.63, 3.8) is 0 Å². The summed E-state index contributed by atoms with van der Waals surface area (Å²) in [6.07, 6.45) is 3.67. The molecule has 0 N–H and O–H groups in total. The van der Waals surface area contributed by atoms with E-state index in [-0.39, 0.29) is 39.8 Å². The Hall–Kier alpha value is -2.47. The van der Waals surface area contributed by atoms with Crippen molar-refractivity contribution >= 4 is 49.2 Å². The molecule has 0 radical (unpaired) electrons. The van der Waals surface area contributed by atoms with Crippen LogP contribution < -0.4 is 4.74 Å². The Bertz CT molecular complexity index is 1290. The molecule has 0 amide bonds. The molecule has 162 valence electrons. The number of ether oxygens (including phenoxy) is 1. The van der Waals surface area contributed by atoms with Crippen molar-refractivity contribution in [1.82, 2.24) is 8.69 Å². The van der Waals surface area contributed by atoms with E-state index in [9.17, 15) is 21.6 Å². The van der Waals surface area contributed by atoms with Crippen LogP contribution in [0.15, 0.2) is 52.0 Å². The van der Waals surface area contributed by atoms with Crippen LogP contribution in [-0.2, 0) is 26.6 Å². The summed E-state index contributed by atoms with van der Waals surface area (Å²) < 4.78 is 62.4. The average Bonchev–Trinajstić information content (AvgIpc) is 3.10. The molecule has 0 unspecified atom stereocenters. The van der Waals surface area contributed by atoms with Gasteiger partial charge in [-0.25, -0.2) is 16.8 Å². The van der Waals surface area contributed by atoms with Crippen LogP contribution in [0.25, 0.3) is 11.0 Å². The molecule has 30 heavy (non-hydrogen) atoms. The smallest absolute Gasteiger partial charge is 0.257 e. The summed E-state index contributed by atoms with van der Waals surface area (Å²) in [6, 6.07) is 6.96. The number of sulfonamides is 2. The number of fused-ring (bicyclic) bond motifs is 1. The summed E-state index contributed by atoms with van der Waals surface area (Å²) in [5.41, 5.74) is 0.427. The molecule has 3 aromatic rings. The largest absolute Gasteiger partial charge is 0.493 e. The van der Waals surface area contributed by atoms with Crippen molar-refractivity contribution in [3.05, 3.63) is 54.0 Å². The number of rotatable bonds is 7. The number of pyridine rings is 1. The zero-order valence-electron chi connectivity index (χ0n) is 16.2. The molecular formula is C18H19ClN2O7S2. The van der Waals surface area contributed by atoms with E-state index in [1.165, 1.54) is 44.6 Å². The number of aromatic nitrogens is 1. The number of benzene rings is 1. The molecule has 9 nitrogen and oxygen atoms in total. The van der Waals surface area contributed by atoms with E-state index in [1.807, 2.05) is 0 Å². The van der Waals surface area contributed by atoms with Gasteiger partial charge in [0, 0.05) is 24.7 Å². The van der Waals surface area contributed by atoms with E-state index in [2.05, 4.69) is 4.98 Å². The SMILES string of the molecule is COc1ccc(S(=O)(=O)N(Cc2cccnc2)S(C)(=O)=O)c2cc(C(C)=O)oc12.Cl. The quantitative estimate of drug-likeness (QED) is 0.478. The topological polar surface area (TPSA) is 124 Å². The minimum Gasteiger partial charge on any atom is -0.493 e. The molecule has 0 aliphatic carbocycles. The van der Waals surface area contributed by atoms with Crippen LogP contribution in [0.3, 0.4) is 0 Å². The third kappa shape index (κ3) is 4.48. The van der Waals surface area contributed by atoms with E-state index in [0.29, 0.717) is 9.27 Å². The van der Waals surface area contributed by atoms with E-state index >= 15 is 0 Å². The number of methoxy groups -OCH3 is 1. The normalized spacial score (nSPS) is 12.0. The van der Waals surface area contributed by atoms with Gasteiger partial charge in [0.1, 0.15) is 0 Å². The number of hydrogen-bond donors (Lipinski definition) is 0. The maximum absolute atomic E-state index is 13.3. The minimum atomic E-state index is -4.53. The summed E-state index contributed by atoms with van der Waals surface area (Å²) in [5, 5.41) is 0.0504. The van der Waals surface area contributed by atoms with Crippen LogP contribution in [-0.4, -0.2) is 44.7 Å². The predicted molar refractivity (Wildman–Crippen MR) is 112 cm³/mol. The first-order valence-electron chi connectivity index (χ1n) is 8.29. The Morgan fingerprint density at radius 2 is 1.90 bits per heavy atom. The highest BCUT2D eigenvalue weighted by atomic mass is 35.5. The molecule has 1 aromatic carbocycles. The number of ketones is 1. The first-order valence-corrected chi connectivity index (χ1v) is 11.6. The maximum atomic E-state index is 13.3. The molecule has 0 saturated carbocycles. The lowest BCUT2D eigenvalue weighted by Gasteiger charge is -2.20. The second-order valence-corrected chi connectivity index (χ2v) is 10.2. The lowest BCUT2D eigenvalue weighted by molar-refractivity contribution is 0.0989. The Balaban J connectivity index is 0.00000320. The number of halogens is 1. The Morgan fingerprint density at radius 3 is 2.43 bits per heavy atom. The number of carbonyl (C=O) groups is 1. The van der Waals surface area contributed by atoms with E-state index in [1.54, 1.807) is 12.1 Å². The number of furan rings is 1. The van der Waals surface area contributed by atoms with Gasteiger partial charge in [0.15, 0.2) is 22.9 Å². The van der Waals surface area contributed by atoms with Crippen LogP contribution >= 0.6 is 12.4 Å². The summed E-state index contributed by atoms with van der Waals surface area (Å²) in [4.78, 5) is 15.3. The zero-order chi connectivity index (χ0) is 21.4. The zero-order valence-corrected chi connectivity index (χ0v) is 18.7. The maximum Gasteiger partial charge on any atom is 0.257 e. The fraction of sp³-hybridized carbons (Fsp3) is 0.222. The predicted octanol–water partition coefficient (Wildman–Crippen LogP) is 2.61. The van der Waals surface area contributed by atoms with Crippen molar-refractivity contribution in [2.75, 3.05) is 13.4 Å². The number of Topliss-reactive ketones (excluding diaryl/α,β-unsaturated/α-hetero) is 1. The number of carbonyl (C=O) groups excluding carboxylic acids is 1. The molecule has 2 heterocycles. The molecule has 3 rings (SSSR count). The Morgan fingerprint density at radius 1 is 1.20 bits per heavy atom. The van der Waals surface area contributed by atoms with Crippen molar-refractivity contribution in [2.24, 2.45) is 0 Å². The number of nitrogens with zero attached hydrogens (tertiary/aromatic N) is 2. The third-order valence-electron chi connectivity index (χ3n) is 4.12. The summed E-state index contributed by atoms with van der Waals surface area (Å²) in [5.74, 6) is -0.273. The van der Waals surface area contributed by atoms with Gasteiger partial charge in [0.05, 0.1) is 24.8 Å². The van der Waals surface area contributed by atoms with Gasteiger partial charge in [-0.05, 0) is 29.8 Å². The first kappa shape index (κ1) is 23.8. The standard InChI is InChI=1S/C18H18N2O7S2.ClH/c1-12(21)16-9-14-17(7-6-15(26-2)18(14)27-16)29(24,25)20(28(3,22)23)11-13-5-4-8-19-10-13;/h4-10H,11H2,1-3H3;1H. The monoisotopic (exact) mass is 474 g/mol. The summed E-state index contributed by atoms with van der Waals surface area (Å²) >= 11 is 0. The van der Waals surface area contributed by atoms with Crippen molar-refractivity contribution in [3.8, 4) is 5.75 Å². The van der Waals surface area contributed by atoms with Crippen molar-refractivity contribution in [2.45, 2.75) is 18.4 Å². The highest BCUT2D eigenvalue weighted by Gasteiger charge is 2.35. The van der Waals surface area contributed by atoms with E-state index < -0.39 is 32.4 Å². The molecule has 0 atom stereocenters. The van der Waals surface area contributed by atoms with Crippen LogP contribution in [0.4, 0.5) is 0 Å². The third-order valence-corrected chi connectivity index (χ3v) is 7.97. The van der Waals surface area contributed by atoms with Gasteiger partial charge in [-0.2, -0.15) is 0 Å². The second-order valence-electron chi connectivity index (χ2n) is 6.24. The van der Waals surface area contributed by atoms with Gasteiger partial charge < -0.3 is 9.15 Å². The average molecular weight is 475 g/mol. The summed E-state index contributed by atoms with van der Waals surface area (Å²) in [6.45, 7) is 0.837. The molecule has 0 aliphatic heterocycles. The Labute approximate surface area is 180 Å². The van der Waals surface area contributed by atoms with Gasteiger partial charge in [-0.1, -0.05) is 9.78 Å². The fourth-order valence-corrected chi connectivity index (χ4v) is 6.02. The van der Waals surface area contributed by atoms with Crippen molar-refractivity contribution in [1.29, 1.82) is 0 Å². The molecule has 0 fully saturated rings. The van der Waals surface area contributed by atoms with E-state index in [4.69, 9.17) is 9.15 Å². The molecule has 0 bridgehead atoms. The molecule has 0 spiro atoms. The van der Waals surface area contributed by atoms with Gasteiger partial charge >= 0.3 is 0 Å². The molecule has 0 saturated heterocycles. The van der Waals surface area contributed by atoms with Gasteiger partial charge in [-0.3, -0.25) is 9.78 Å². The molecule has 0 aliphatic rings. The van der Waals surface area contributed by atoms with Gasteiger partial charge in [0.2, 0.25) is 10.0 Å². The fourth-order valence-electron chi connectivity index (χ4n) is 2.76. The van der Waals surface area contributed by atoms with Crippen molar-refractivity contribution < 1.29 is 30.8 Å². The van der Waals surface area contributed by atoms with Gasteiger partial charge in [-0.15, -0.1) is 12.4 Å². The second kappa shape index (κ2) is 8.72. The first-order chi connectivity index (χ1) is 13.6. The van der Waals surface area contributed by atoms with Crippen LogP contribution in [0.2, 0.25) is 0 Å². The minimum absolute atomic E-state index is 0. The highest BCUT2D eigenvalue weighted by molar-refractivity contribution is 8.03. The van der Waals surface area contributed by atoms with E-state index in [0.717, 1.165) is 6.26 Å². The van der Waals surface area contributed by atoms with Crippen LogP contribution in [0.5, 0.6) is 5.75 Å². The number of hydrogen-bond acceptors (Lipinski definition) is 8. The molecular weight excluding hydrogens is 456 g/mol. The molecule has 2 aromatic heterocycles. The van der Waals surface area contributed by atoms with Crippen LogP contribution in [0, 0.1) is 0 Å². The molecule has 12 heteroatoms. The van der Waals surface area contributed by atoms with Gasteiger partial charge in [0.25, 0.3) is 10.0 Å². The summed E-state index contributed by atoms with van der Waals surface area (Å²) in [7, 11) is -7.34. The highest BCUT2D eigenvalue weighted by Crippen LogP contribution is 2.36. The Kier molecular flexibility index (Phi) is 6.92. The lowest BCUT2D eigenvalue weighted by Crippen LogP contribution is -2.35. The van der Waals surface area contributed by atoms with Crippen LogP contribution in [0.1, 0.15) is 23.0 Å².